The Morgan fingerprint density at radius 1 is 1.62 bits per heavy atom. The van der Waals surface area contributed by atoms with Gasteiger partial charge in [0.25, 0.3) is 0 Å². The lowest BCUT2D eigenvalue weighted by Gasteiger charge is -2.22. The van der Waals surface area contributed by atoms with Crippen LogP contribution in [0.5, 0.6) is 0 Å². The maximum atomic E-state index is 10.7. The molecule has 2 N–H and O–H groups in total. The Labute approximate surface area is 78.9 Å². The van der Waals surface area contributed by atoms with Crippen LogP contribution < -0.4 is 10.6 Å². The van der Waals surface area contributed by atoms with Gasteiger partial charge in [0.05, 0.1) is 5.70 Å². The molecular formula is C10H16N2O. The summed E-state index contributed by atoms with van der Waals surface area (Å²) in [6.07, 6.45) is 5.66. The minimum absolute atomic E-state index is 0.597. The molecule has 0 bridgehead atoms. The predicted octanol–water partition coefficient (Wildman–Crippen LogP) is 0.802. The van der Waals surface area contributed by atoms with Crippen molar-refractivity contribution < 1.29 is 4.79 Å². The van der Waals surface area contributed by atoms with E-state index in [9.17, 15) is 4.79 Å². The minimum atomic E-state index is 0.597. The van der Waals surface area contributed by atoms with Crippen LogP contribution in [0.25, 0.3) is 0 Å². The van der Waals surface area contributed by atoms with E-state index in [1.165, 1.54) is 0 Å². The van der Waals surface area contributed by atoms with Gasteiger partial charge in [-0.05, 0) is 30.2 Å². The third-order valence-electron chi connectivity index (χ3n) is 2.12. The molecule has 0 saturated carbocycles. The van der Waals surface area contributed by atoms with Crippen molar-refractivity contribution >= 4 is 6.29 Å². The average Bonchev–Trinajstić information content (AvgIpc) is 2.15. The average molecular weight is 180 g/mol. The Hall–Kier alpha value is -1.25. The first-order valence-electron chi connectivity index (χ1n) is 4.54. The van der Waals surface area contributed by atoms with Crippen LogP contribution in [-0.4, -0.2) is 19.9 Å². The molecule has 0 aromatic rings. The molecule has 0 unspecified atom stereocenters. The summed E-state index contributed by atoms with van der Waals surface area (Å²) in [6.45, 7) is 3.06. The van der Waals surface area contributed by atoms with Gasteiger partial charge in [-0.2, -0.15) is 0 Å². The highest BCUT2D eigenvalue weighted by Gasteiger charge is 2.14. The van der Waals surface area contributed by atoms with E-state index in [1.54, 1.807) is 0 Å². The zero-order valence-electron chi connectivity index (χ0n) is 8.13. The highest BCUT2D eigenvalue weighted by Crippen LogP contribution is 2.18. The number of hydrogen-bond acceptors (Lipinski definition) is 3. The van der Waals surface area contributed by atoms with E-state index in [2.05, 4.69) is 17.6 Å². The zero-order chi connectivity index (χ0) is 9.68. The summed E-state index contributed by atoms with van der Waals surface area (Å²) in [5.41, 5.74) is 1.81. The van der Waals surface area contributed by atoms with E-state index in [1.807, 2.05) is 19.3 Å². The molecule has 72 valence electrons. The van der Waals surface area contributed by atoms with E-state index in [0.717, 1.165) is 30.5 Å². The van der Waals surface area contributed by atoms with Gasteiger partial charge in [0, 0.05) is 13.6 Å². The molecule has 1 atom stereocenters. The monoisotopic (exact) mass is 180 g/mol. The number of rotatable bonds is 3. The van der Waals surface area contributed by atoms with E-state index in [0.29, 0.717) is 5.92 Å². The summed E-state index contributed by atoms with van der Waals surface area (Å²) in [5, 5.41) is 6.03. The molecule has 0 radical (unpaired) electrons. The Morgan fingerprint density at radius 3 is 3.00 bits per heavy atom. The lowest BCUT2D eigenvalue weighted by molar-refractivity contribution is -0.105. The Kier molecular flexibility index (Phi) is 3.55. The third kappa shape index (κ3) is 2.61. The van der Waals surface area contributed by atoms with Crippen molar-refractivity contribution in [2.75, 3.05) is 13.6 Å². The normalized spacial score (nSPS) is 23.1. The first-order valence-corrected chi connectivity index (χ1v) is 4.54. The summed E-state index contributed by atoms with van der Waals surface area (Å²) < 4.78 is 0. The number of carbonyl (C=O) groups excluding carboxylic acids is 1. The van der Waals surface area contributed by atoms with Gasteiger partial charge in [-0.1, -0.05) is 6.92 Å². The van der Waals surface area contributed by atoms with Crippen LogP contribution in [0.4, 0.5) is 0 Å². The number of hydrogen-bond donors (Lipinski definition) is 2. The van der Waals surface area contributed by atoms with Crippen molar-refractivity contribution in [3.8, 4) is 0 Å². The summed E-state index contributed by atoms with van der Waals surface area (Å²) in [5.74, 6) is 0.597. The SMILES string of the molecule is CN/C=C\C1=C(C=O)NC[C@H](C)C1. The van der Waals surface area contributed by atoms with E-state index >= 15 is 0 Å². The van der Waals surface area contributed by atoms with Crippen molar-refractivity contribution in [1.82, 2.24) is 10.6 Å². The maximum absolute atomic E-state index is 10.7. The molecule has 0 aromatic heterocycles. The maximum Gasteiger partial charge on any atom is 0.166 e. The van der Waals surface area contributed by atoms with Gasteiger partial charge in [-0.15, -0.1) is 0 Å². The quantitative estimate of drug-likeness (QED) is 0.631. The van der Waals surface area contributed by atoms with Crippen molar-refractivity contribution in [3.05, 3.63) is 23.5 Å². The minimum Gasteiger partial charge on any atom is -0.394 e. The Morgan fingerprint density at radius 2 is 2.38 bits per heavy atom. The molecule has 3 nitrogen and oxygen atoms in total. The molecule has 0 spiro atoms. The molecule has 1 rings (SSSR count). The first kappa shape index (κ1) is 9.84. The van der Waals surface area contributed by atoms with Crippen molar-refractivity contribution in [1.29, 1.82) is 0 Å². The molecule has 0 saturated heterocycles. The van der Waals surface area contributed by atoms with Crippen molar-refractivity contribution in [3.63, 3.8) is 0 Å². The summed E-state index contributed by atoms with van der Waals surface area (Å²) >= 11 is 0. The van der Waals surface area contributed by atoms with Gasteiger partial charge in [-0.25, -0.2) is 0 Å². The molecule has 0 amide bonds. The van der Waals surface area contributed by atoms with Crippen LogP contribution >= 0.6 is 0 Å². The van der Waals surface area contributed by atoms with Crippen molar-refractivity contribution in [2.24, 2.45) is 5.92 Å². The molecular weight excluding hydrogens is 164 g/mol. The molecule has 0 aromatic carbocycles. The summed E-state index contributed by atoms with van der Waals surface area (Å²) in [4.78, 5) is 10.7. The summed E-state index contributed by atoms with van der Waals surface area (Å²) in [6, 6.07) is 0. The predicted molar refractivity (Wildman–Crippen MR) is 53.1 cm³/mol. The molecule has 0 fully saturated rings. The van der Waals surface area contributed by atoms with Gasteiger partial charge < -0.3 is 10.6 Å². The Bertz CT molecular complexity index is 243. The number of allylic oxidation sites excluding steroid dienone is 3. The molecule has 1 aliphatic rings. The molecule has 1 heterocycles. The van der Waals surface area contributed by atoms with Crippen LogP contribution in [0.15, 0.2) is 23.5 Å². The summed E-state index contributed by atoms with van der Waals surface area (Å²) in [7, 11) is 1.84. The largest absolute Gasteiger partial charge is 0.394 e. The van der Waals surface area contributed by atoms with E-state index < -0.39 is 0 Å². The Balaban J connectivity index is 2.77. The lowest BCUT2D eigenvalue weighted by Crippen LogP contribution is -2.28. The molecule has 3 heteroatoms. The smallest absolute Gasteiger partial charge is 0.166 e. The molecule has 13 heavy (non-hydrogen) atoms. The molecule has 1 aliphatic heterocycles. The highest BCUT2D eigenvalue weighted by atomic mass is 16.1. The second-order valence-electron chi connectivity index (χ2n) is 3.37. The fraction of sp³-hybridized carbons (Fsp3) is 0.500. The van der Waals surface area contributed by atoms with Gasteiger partial charge in [-0.3, -0.25) is 4.79 Å². The second kappa shape index (κ2) is 4.70. The van der Waals surface area contributed by atoms with Gasteiger partial charge in [0.2, 0.25) is 0 Å². The number of carbonyl (C=O) groups is 1. The standard InChI is InChI=1S/C10H16N2O/c1-8-5-9(3-4-11-2)10(7-13)12-6-8/h3-4,7-8,11-12H,5-6H2,1-2H3/b4-3-/t8-/m1/s1. The third-order valence-corrected chi connectivity index (χ3v) is 2.12. The number of aldehydes is 1. The fourth-order valence-electron chi connectivity index (χ4n) is 1.41. The van der Waals surface area contributed by atoms with E-state index in [4.69, 9.17) is 0 Å². The zero-order valence-corrected chi connectivity index (χ0v) is 8.13. The highest BCUT2D eigenvalue weighted by molar-refractivity contribution is 5.75. The van der Waals surface area contributed by atoms with Gasteiger partial charge >= 0.3 is 0 Å². The van der Waals surface area contributed by atoms with Gasteiger partial charge in [0.15, 0.2) is 6.29 Å². The number of nitrogens with one attached hydrogen (secondary N) is 2. The van der Waals surface area contributed by atoms with E-state index in [-0.39, 0.29) is 0 Å². The topological polar surface area (TPSA) is 41.1 Å². The van der Waals surface area contributed by atoms with Crippen LogP contribution in [0.2, 0.25) is 0 Å². The first-order chi connectivity index (χ1) is 6.27. The van der Waals surface area contributed by atoms with Crippen LogP contribution in [0.3, 0.4) is 0 Å². The van der Waals surface area contributed by atoms with Crippen LogP contribution in [0, 0.1) is 5.92 Å². The van der Waals surface area contributed by atoms with Crippen LogP contribution in [0.1, 0.15) is 13.3 Å². The van der Waals surface area contributed by atoms with Crippen molar-refractivity contribution in [2.45, 2.75) is 13.3 Å². The lowest BCUT2D eigenvalue weighted by atomic mass is 9.96. The fourth-order valence-corrected chi connectivity index (χ4v) is 1.41. The van der Waals surface area contributed by atoms with Gasteiger partial charge in [0.1, 0.15) is 0 Å². The second-order valence-corrected chi connectivity index (χ2v) is 3.37. The molecule has 0 aliphatic carbocycles. The van der Waals surface area contributed by atoms with Crippen LogP contribution in [-0.2, 0) is 4.79 Å².